The zero-order chi connectivity index (χ0) is 11.3. The lowest BCUT2D eigenvalue weighted by atomic mass is 9.58. The number of fused-ring (bicyclic) bond motifs is 3. The molecule has 0 N–H and O–H groups in total. The van der Waals surface area contributed by atoms with Crippen molar-refractivity contribution in [1.82, 2.24) is 0 Å². The van der Waals surface area contributed by atoms with Gasteiger partial charge in [-0.15, -0.1) is 0 Å². The summed E-state index contributed by atoms with van der Waals surface area (Å²) in [5, 5.41) is 0. The highest BCUT2D eigenvalue weighted by atomic mass is 16.5. The maximum absolute atomic E-state index is 6.24. The van der Waals surface area contributed by atoms with Crippen molar-refractivity contribution in [2.75, 3.05) is 0 Å². The van der Waals surface area contributed by atoms with E-state index in [1.54, 1.807) is 0 Å². The second kappa shape index (κ2) is 3.73. The minimum Gasteiger partial charge on any atom is -0.372 e. The van der Waals surface area contributed by atoms with Crippen LogP contribution in [-0.2, 0) is 4.74 Å². The van der Waals surface area contributed by atoms with Crippen LogP contribution in [-0.4, -0.2) is 11.7 Å². The smallest absolute Gasteiger partial charge is 0.0664 e. The highest BCUT2D eigenvalue weighted by molar-refractivity contribution is 5.02. The van der Waals surface area contributed by atoms with E-state index in [1.807, 2.05) is 0 Å². The molecule has 3 aliphatic rings. The van der Waals surface area contributed by atoms with Crippen molar-refractivity contribution in [1.29, 1.82) is 0 Å². The van der Waals surface area contributed by atoms with Crippen molar-refractivity contribution in [2.45, 2.75) is 71.0 Å². The minimum absolute atomic E-state index is 0.144. The molecule has 16 heavy (non-hydrogen) atoms. The predicted octanol–water partition coefficient (Wildman–Crippen LogP) is 4.02. The molecule has 5 atom stereocenters. The Kier molecular flexibility index (Phi) is 2.58. The average molecular weight is 222 g/mol. The molecule has 1 heterocycles. The van der Waals surface area contributed by atoms with Gasteiger partial charge in [0.15, 0.2) is 0 Å². The molecule has 0 spiro atoms. The zero-order valence-electron chi connectivity index (χ0n) is 11.0. The predicted molar refractivity (Wildman–Crippen MR) is 66.3 cm³/mol. The zero-order valence-corrected chi connectivity index (χ0v) is 11.0. The van der Waals surface area contributed by atoms with Crippen LogP contribution in [0.4, 0.5) is 0 Å². The van der Waals surface area contributed by atoms with Crippen LogP contribution in [0.5, 0.6) is 0 Å². The highest BCUT2D eigenvalue weighted by Gasteiger charge is 2.54. The van der Waals surface area contributed by atoms with E-state index in [4.69, 9.17) is 4.74 Å². The number of hydrogen-bond donors (Lipinski definition) is 0. The van der Waals surface area contributed by atoms with Gasteiger partial charge in [0, 0.05) is 0 Å². The molecular weight excluding hydrogens is 196 g/mol. The van der Waals surface area contributed by atoms with Gasteiger partial charge in [-0.2, -0.15) is 0 Å². The molecule has 1 nitrogen and oxygen atoms in total. The fraction of sp³-hybridized carbons (Fsp3) is 1.00. The molecule has 1 heteroatoms. The largest absolute Gasteiger partial charge is 0.372 e. The van der Waals surface area contributed by atoms with Gasteiger partial charge in [-0.3, -0.25) is 0 Å². The first-order chi connectivity index (χ1) is 7.59. The van der Waals surface area contributed by atoms with Gasteiger partial charge in [-0.05, 0) is 63.7 Å². The maximum atomic E-state index is 6.24. The SMILES string of the molecule is CC1OC(C)(C)C2C3CCCCC3CCC12. The van der Waals surface area contributed by atoms with Crippen LogP contribution >= 0.6 is 0 Å². The summed E-state index contributed by atoms with van der Waals surface area (Å²) >= 11 is 0. The summed E-state index contributed by atoms with van der Waals surface area (Å²) in [4.78, 5) is 0. The van der Waals surface area contributed by atoms with Gasteiger partial charge in [0.1, 0.15) is 0 Å². The molecule has 2 saturated carbocycles. The molecule has 5 unspecified atom stereocenters. The van der Waals surface area contributed by atoms with E-state index in [9.17, 15) is 0 Å². The van der Waals surface area contributed by atoms with Crippen LogP contribution in [0.2, 0.25) is 0 Å². The van der Waals surface area contributed by atoms with Crippen LogP contribution in [0.15, 0.2) is 0 Å². The third-order valence-corrected chi connectivity index (χ3v) is 5.66. The summed E-state index contributed by atoms with van der Waals surface area (Å²) in [6, 6.07) is 0. The summed E-state index contributed by atoms with van der Waals surface area (Å²) < 4.78 is 6.24. The molecule has 0 amide bonds. The highest BCUT2D eigenvalue weighted by Crippen LogP contribution is 2.56. The Hall–Kier alpha value is -0.0400. The quantitative estimate of drug-likeness (QED) is 0.601. The molecular formula is C15H26O. The Morgan fingerprint density at radius 3 is 2.50 bits per heavy atom. The van der Waals surface area contributed by atoms with Crippen molar-refractivity contribution < 1.29 is 4.74 Å². The van der Waals surface area contributed by atoms with Crippen molar-refractivity contribution in [3.63, 3.8) is 0 Å². The van der Waals surface area contributed by atoms with Gasteiger partial charge < -0.3 is 4.74 Å². The third kappa shape index (κ3) is 1.54. The van der Waals surface area contributed by atoms with Gasteiger partial charge >= 0.3 is 0 Å². The van der Waals surface area contributed by atoms with E-state index in [2.05, 4.69) is 20.8 Å². The third-order valence-electron chi connectivity index (χ3n) is 5.66. The lowest BCUT2D eigenvalue weighted by Gasteiger charge is -2.46. The van der Waals surface area contributed by atoms with Gasteiger partial charge in [0.05, 0.1) is 11.7 Å². The standard InChI is InChI=1S/C15H26O/c1-10-12-9-8-11-6-4-5-7-13(11)14(12)15(2,3)16-10/h10-14H,4-9H2,1-3H3. The Morgan fingerprint density at radius 2 is 1.69 bits per heavy atom. The number of hydrogen-bond acceptors (Lipinski definition) is 1. The van der Waals surface area contributed by atoms with E-state index < -0.39 is 0 Å². The van der Waals surface area contributed by atoms with Crippen LogP contribution in [0, 0.1) is 23.7 Å². The molecule has 1 aliphatic heterocycles. The molecule has 0 aromatic rings. The molecule has 3 rings (SSSR count). The van der Waals surface area contributed by atoms with E-state index >= 15 is 0 Å². The second-order valence-corrected chi connectivity index (χ2v) is 6.90. The topological polar surface area (TPSA) is 9.23 Å². The Labute approximate surface area is 99.9 Å². The average Bonchev–Trinajstić information content (AvgIpc) is 2.49. The van der Waals surface area contributed by atoms with Crippen LogP contribution in [0.1, 0.15) is 59.3 Å². The first-order valence-corrected chi connectivity index (χ1v) is 7.27. The van der Waals surface area contributed by atoms with E-state index in [0.717, 1.165) is 23.7 Å². The normalized spacial score (nSPS) is 50.8. The lowest BCUT2D eigenvalue weighted by molar-refractivity contribution is -0.0458. The lowest BCUT2D eigenvalue weighted by Crippen LogP contribution is -2.43. The van der Waals surface area contributed by atoms with Gasteiger partial charge in [-0.1, -0.05) is 19.3 Å². The monoisotopic (exact) mass is 222 g/mol. The van der Waals surface area contributed by atoms with Crippen molar-refractivity contribution >= 4 is 0 Å². The number of ether oxygens (including phenoxy) is 1. The minimum atomic E-state index is 0.144. The molecule has 0 bridgehead atoms. The Morgan fingerprint density at radius 1 is 0.938 bits per heavy atom. The number of rotatable bonds is 0. The summed E-state index contributed by atoms with van der Waals surface area (Å²) in [5.41, 5.74) is 0.144. The first kappa shape index (κ1) is 11.1. The fourth-order valence-electron chi connectivity index (χ4n) is 5.17. The summed E-state index contributed by atoms with van der Waals surface area (Å²) in [6.07, 6.45) is 9.34. The Balaban J connectivity index is 1.88. The molecule has 0 aromatic heterocycles. The summed E-state index contributed by atoms with van der Waals surface area (Å²) in [7, 11) is 0. The van der Waals surface area contributed by atoms with E-state index in [1.165, 1.54) is 38.5 Å². The molecule has 0 radical (unpaired) electrons. The van der Waals surface area contributed by atoms with Crippen molar-refractivity contribution in [3.05, 3.63) is 0 Å². The second-order valence-electron chi connectivity index (χ2n) is 6.90. The van der Waals surface area contributed by atoms with Crippen LogP contribution < -0.4 is 0 Å². The van der Waals surface area contributed by atoms with Crippen LogP contribution in [0.25, 0.3) is 0 Å². The van der Waals surface area contributed by atoms with Crippen molar-refractivity contribution in [2.24, 2.45) is 23.7 Å². The molecule has 2 aliphatic carbocycles. The van der Waals surface area contributed by atoms with E-state index in [-0.39, 0.29) is 5.60 Å². The molecule has 92 valence electrons. The summed E-state index contributed by atoms with van der Waals surface area (Å²) in [6.45, 7) is 6.98. The van der Waals surface area contributed by atoms with E-state index in [0.29, 0.717) is 6.10 Å². The van der Waals surface area contributed by atoms with Crippen LogP contribution in [0.3, 0.4) is 0 Å². The molecule has 3 fully saturated rings. The van der Waals surface area contributed by atoms with Gasteiger partial charge in [-0.25, -0.2) is 0 Å². The molecule has 0 aromatic carbocycles. The van der Waals surface area contributed by atoms with Gasteiger partial charge in [0.2, 0.25) is 0 Å². The maximum Gasteiger partial charge on any atom is 0.0664 e. The first-order valence-electron chi connectivity index (χ1n) is 7.27. The fourth-order valence-corrected chi connectivity index (χ4v) is 5.17. The Bertz CT molecular complexity index is 271. The van der Waals surface area contributed by atoms with Gasteiger partial charge in [0.25, 0.3) is 0 Å². The summed E-state index contributed by atoms with van der Waals surface area (Å²) in [5.74, 6) is 3.71. The van der Waals surface area contributed by atoms with Crippen molar-refractivity contribution in [3.8, 4) is 0 Å². The molecule has 1 saturated heterocycles.